The molecular weight excluding hydrogens is 278 g/mol. The summed E-state index contributed by atoms with van der Waals surface area (Å²) in [7, 11) is 0. The first kappa shape index (κ1) is 16.5. The van der Waals surface area contributed by atoms with E-state index in [2.05, 4.69) is 5.32 Å². The van der Waals surface area contributed by atoms with E-state index in [9.17, 15) is 9.59 Å². The van der Waals surface area contributed by atoms with Gasteiger partial charge in [0, 0.05) is 17.1 Å². The summed E-state index contributed by atoms with van der Waals surface area (Å²) in [4.78, 5) is 23.3. The van der Waals surface area contributed by atoms with Crippen LogP contribution in [0.1, 0.15) is 39.2 Å². The Morgan fingerprint density at radius 2 is 1.90 bits per heavy atom. The molecule has 1 N–H and O–H groups in total. The van der Waals surface area contributed by atoms with Crippen LogP contribution in [0.15, 0.2) is 18.2 Å². The van der Waals surface area contributed by atoms with Gasteiger partial charge in [0.05, 0.1) is 6.42 Å². The summed E-state index contributed by atoms with van der Waals surface area (Å²) in [5, 5.41) is 3.29. The minimum Gasteiger partial charge on any atom is -0.460 e. The molecule has 0 aliphatic rings. The van der Waals surface area contributed by atoms with Gasteiger partial charge < -0.3 is 10.1 Å². The summed E-state index contributed by atoms with van der Waals surface area (Å²) in [5.41, 5.74) is 1.05. The molecule has 4 nitrogen and oxygen atoms in total. The van der Waals surface area contributed by atoms with Crippen LogP contribution in [-0.4, -0.2) is 17.5 Å². The molecule has 0 heterocycles. The third kappa shape index (κ3) is 6.06. The van der Waals surface area contributed by atoms with Gasteiger partial charge in [0.1, 0.15) is 5.60 Å². The van der Waals surface area contributed by atoms with Crippen molar-refractivity contribution in [2.45, 2.75) is 46.1 Å². The first-order chi connectivity index (χ1) is 9.17. The quantitative estimate of drug-likeness (QED) is 0.862. The lowest BCUT2D eigenvalue weighted by atomic mass is 10.2. The Kier molecular flexibility index (Phi) is 5.57. The van der Waals surface area contributed by atoms with E-state index in [0.29, 0.717) is 10.7 Å². The zero-order valence-corrected chi connectivity index (χ0v) is 13.0. The number of benzene rings is 1. The van der Waals surface area contributed by atoms with Gasteiger partial charge in [-0.25, -0.2) is 0 Å². The van der Waals surface area contributed by atoms with Crippen LogP contribution in [0.4, 0.5) is 5.69 Å². The van der Waals surface area contributed by atoms with Gasteiger partial charge >= 0.3 is 5.97 Å². The number of rotatable bonds is 4. The summed E-state index contributed by atoms with van der Waals surface area (Å²) < 4.78 is 5.14. The van der Waals surface area contributed by atoms with Crippen LogP contribution in [0, 0.1) is 6.92 Å². The van der Waals surface area contributed by atoms with Gasteiger partial charge in [-0.1, -0.05) is 17.7 Å². The van der Waals surface area contributed by atoms with E-state index in [1.165, 1.54) is 0 Å². The minimum absolute atomic E-state index is 0.0583. The average Bonchev–Trinajstić information content (AvgIpc) is 2.29. The largest absolute Gasteiger partial charge is 0.460 e. The topological polar surface area (TPSA) is 55.4 Å². The van der Waals surface area contributed by atoms with Gasteiger partial charge in [0.25, 0.3) is 0 Å². The van der Waals surface area contributed by atoms with E-state index < -0.39 is 5.60 Å². The maximum Gasteiger partial charge on any atom is 0.306 e. The standard InChI is InChI=1S/C15H20ClNO3/c1-10-5-6-11(16)9-12(10)17-13(18)7-8-14(19)20-15(2,3)4/h5-6,9H,7-8H2,1-4H3,(H,17,18). The van der Waals surface area contributed by atoms with Crippen LogP contribution in [-0.2, 0) is 14.3 Å². The Labute approximate surface area is 124 Å². The third-order valence-electron chi connectivity index (χ3n) is 2.45. The van der Waals surface area contributed by atoms with Crippen molar-refractivity contribution in [1.82, 2.24) is 0 Å². The van der Waals surface area contributed by atoms with Gasteiger partial charge in [-0.2, -0.15) is 0 Å². The second kappa shape index (κ2) is 6.75. The number of ether oxygens (including phenoxy) is 1. The van der Waals surface area contributed by atoms with Gasteiger partial charge in [-0.3, -0.25) is 9.59 Å². The third-order valence-corrected chi connectivity index (χ3v) is 2.69. The molecule has 0 saturated heterocycles. The second-order valence-electron chi connectivity index (χ2n) is 5.59. The first-order valence-electron chi connectivity index (χ1n) is 6.45. The Morgan fingerprint density at radius 3 is 2.50 bits per heavy atom. The molecule has 110 valence electrons. The molecule has 0 aliphatic heterocycles. The molecule has 0 aliphatic carbocycles. The molecule has 1 aromatic carbocycles. The fraction of sp³-hybridized carbons (Fsp3) is 0.467. The van der Waals surface area contributed by atoms with E-state index in [-0.39, 0.29) is 24.7 Å². The molecule has 0 aromatic heterocycles. The molecule has 0 saturated carbocycles. The van der Waals surface area contributed by atoms with Crippen LogP contribution in [0.2, 0.25) is 5.02 Å². The summed E-state index contributed by atoms with van der Waals surface area (Å²) >= 11 is 5.88. The van der Waals surface area contributed by atoms with Gasteiger partial charge in [0.2, 0.25) is 5.91 Å². The average molecular weight is 298 g/mol. The number of carbonyl (C=O) groups excluding carboxylic acids is 2. The maximum atomic E-state index is 11.8. The van der Waals surface area contributed by atoms with E-state index in [1.807, 2.05) is 13.0 Å². The van der Waals surface area contributed by atoms with Crippen molar-refractivity contribution in [3.05, 3.63) is 28.8 Å². The normalized spacial score (nSPS) is 11.1. The van der Waals surface area contributed by atoms with Crippen LogP contribution in [0.25, 0.3) is 0 Å². The lowest BCUT2D eigenvalue weighted by Gasteiger charge is -2.19. The van der Waals surface area contributed by atoms with Crippen LogP contribution < -0.4 is 5.32 Å². The Hall–Kier alpha value is -1.55. The SMILES string of the molecule is Cc1ccc(Cl)cc1NC(=O)CCC(=O)OC(C)(C)C. The van der Waals surface area contributed by atoms with Crippen molar-refractivity contribution in [2.24, 2.45) is 0 Å². The monoisotopic (exact) mass is 297 g/mol. The highest BCUT2D eigenvalue weighted by molar-refractivity contribution is 6.31. The fourth-order valence-electron chi connectivity index (χ4n) is 1.55. The summed E-state index contributed by atoms with van der Waals surface area (Å²) in [6.07, 6.45) is 0.142. The van der Waals surface area contributed by atoms with Crippen molar-refractivity contribution in [1.29, 1.82) is 0 Å². The number of esters is 1. The number of halogens is 1. The number of amides is 1. The van der Waals surface area contributed by atoms with Crippen molar-refractivity contribution in [2.75, 3.05) is 5.32 Å². The van der Waals surface area contributed by atoms with Gasteiger partial charge in [-0.05, 0) is 45.4 Å². The van der Waals surface area contributed by atoms with Crippen molar-refractivity contribution < 1.29 is 14.3 Å². The predicted octanol–water partition coefficient (Wildman–Crippen LogP) is 3.71. The lowest BCUT2D eigenvalue weighted by Crippen LogP contribution is -2.24. The summed E-state index contributed by atoms with van der Waals surface area (Å²) in [6.45, 7) is 7.25. The highest BCUT2D eigenvalue weighted by Crippen LogP contribution is 2.20. The minimum atomic E-state index is -0.531. The van der Waals surface area contributed by atoms with E-state index in [0.717, 1.165) is 5.56 Å². The molecule has 5 heteroatoms. The molecule has 0 unspecified atom stereocenters. The smallest absolute Gasteiger partial charge is 0.306 e. The number of hydrogen-bond acceptors (Lipinski definition) is 3. The molecular formula is C15H20ClNO3. The maximum absolute atomic E-state index is 11.8. The lowest BCUT2D eigenvalue weighted by molar-refractivity contribution is -0.155. The van der Waals surface area contributed by atoms with Gasteiger partial charge in [0.15, 0.2) is 0 Å². The number of aryl methyl sites for hydroxylation is 1. The number of anilines is 1. The van der Waals surface area contributed by atoms with Crippen LogP contribution in [0.3, 0.4) is 0 Å². The van der Waals surface area contributed by atoms with Gasteiger partial charge in [-0.15, -0.1) is 0 Å². The van der Waals surface area contributed by atoms with Crippen molar-refractivity contribution in [3.63, 3.8) is 0 Å². The highest BCUT2D eigenvalue weighted by Gasteiger charge is 2.17. The number of nitrogens with one attached hydrogen (secondary N) is 1. The van der Waals surface area contributed by atoms with E-state index in [4.69, 9.17) is 16.3 Å². The summed E-state index contributed by atoms with van der Waals surface area (Å²) in [6, 6.07) is 5.27. The predicted molar refractivity (Wildman–Crippen MR) is 79.9 cm³/mol. The Balaban J connectivity index is 2.48. The molecule has 20 heavy (non-hydrogen) atoms. The first-order valence-corrected chi connectivity index (χ1v) is 6.83. The molecule has 0 bridgehead atoms. The molecule has 0 radical (unpaired) electrons. The molecule has 0 atom stereocenters. The molecule has 0 spiro atoms. The van der Waals surface area contributed by atoms with Crippen molar-refractivity contribution in [3.8, 4) is 0 Å². The van der Waals surface area contributed by atoms with Crippen LogP contribution in [0.5, 0.6) is 0 Å². The Morgan fingerprint density at radius 1 is 1.25 bits per heavy atom. The molecule has 1 amide bonds. The zero-order valence-electron chi connectivity index (χ0n) is 12.2. The molecule has 0 fully saturated rings. The second-order valence-corrected chi connectivity index (χ2v) is 6.03. The number of carbonyl (C=O) groups is 2. The fourth-order valence-corrected chi connectivity index (χ4v) is 1.72. The van der Waals surface area contributed by atoms with E-state index in [1.54, 1.807) is 32.9 Å². The molecule has 1 rings (SSSR count). The van der Waals surface area contributed by atoms with Crippen LogP contribution >= 0.6 is 11.6 Å². The van der Waals surface area contributed by atoms with E-state index >= 15 is 0 Å². The Bertz CT molecular complexity index is 506. The molecule has 1 aromatic rings. The summed E-state index contributed by atoms with van der Waals surface area (Å²) in [5.74, 6) is -0.614. The van der Waals surface area contributed by atoms with Crippen molar-refractivity contribution >= 4 is 29.2 Å². The zero-order chi connectivity index (χ0) is 15.3. The number of hydrogen-bond donors (Lipinski definition) is 1. The highest BCUT2D eigenvalue weighted by atomic mass is 35.5.